The van der Waals surface area contributed by atoms with Crippen LogP contribution in [0.5, 0.6) is 0 Å². The van der Waals surface area contributed by atoms with Crippen molar-refractivity contribution in [2.75, 3.05) is 0 Å². The SMILES string of the molecule is Cc1cc(-c2ccc(C=C3C(=O)OC4(CCCCC4)OC3=O)o2)cc([N+](=O)[O-])c1C. The highest BCUT2D eigenvalue weighted by Gasteiger charge is 2.46. The summed E-state index contributed by atoms with van der Waals surface area (Å²) < 4.78 is 16.7. The Balaban J connectivity index is 1.61. The number of hydrogen-bond acceptors (Lipinski definition) is 7. The van der Waals surface area contributed by atoms with E-state index in [9.17, 15) is 19.7 Å². The molecule has 4 rings (SSSR count). The molecule has 8 heteroatoms. The highest BCUT2D eigenvalue weighted by atomic mass is 16.7. The molecule has 1 aromatic carbocycles. The van der Waals surface area contributed by atoms with Gasteiger partial charge in [0.25, 0.3) is 11.5 Å². The van der Waals surface area contributed by atoms with Crippen LogP contribution in [-0.4, -0.2) is 22.6 Å². The van der Waals surface area contributed by atoms with Crippen molar-refractivity contribution in [1.82, 2.24) is 0 Å². The number of rotatable bonds is 3. The molecule has 8 nitrogen and oxygen atoms in total. The van der Waals surface area contributed by atoms with E-state index in [4.69, 9.17) is 13.9 Å². The predicted octanol–water partition coefficient (Wildman–Crippen LogP) is 4.62. The van der Waals surface area contributed by atoms with Crippen LogP contribution in [0.2, 0.25) is 0 Å². The van der Waals surface area contributed by atoms with E-state index in [-0.39, 0.29) is 17.0 Å². The first kappa shape index (κ1) is 19.9. The molecule has 1 saturated heterocycles. The molecule has 1 saturated carbocycles. The smallest absolute Gasteiger partial charge is 0.349 e. The number of benzene rings is 1. The summed E-state index contributed by atoms with van der Waals surface area (Å²) in [5, 5.41) is 11.3. The molecule has 1 aliphatic carbocycles. The summed E-state index contributed by atoms with van der Waals surface area (Å²) in [6, 6.07) is 6.43. The lowest BCUT2D eigenvalue weighted by atomic mass is 9.93. The van der Waals surface area contributed by atoms with Crippen LogP contribution >= 0.6 is 0 Å². The summed E-state index contributed by atoms with van der Waals surface area (Å²) in [5.74, 6) is -1.97. The number of ether oxygens (including phenoxy) is 2. The third kappa shape index (κ3) is 3.60. The summed E-state index contributed by atoms with van der Waals surface area (Å²) in [7, 11) is 0. The van der Waals surface area contributed by atoms with Gasteiger partial charge in [0.05, 0.1) is 4.92 Å². The Hall–Kier alpha value is -3.42. The topological polar surface area (TPSA) is 109 Å². The molecule has 156 valence electrons. The van der Waals surface area contributed by atoms with E-state index in [1.807, 2.05) is 0 Å². The first-order valence-electron chi connectivity index (χ1n) is 9.82. The van der Waals surface area contributed by atoms with Crippen LogP contribution in [0.25, 0.3) is 17.4 Å². The fourth-order valence-electron chi connectivity index (χ4n) is 3.86. The fraction of sp³-hybridized carbons (Fsp3) is 0.364. The van der Waals surface area contributed by atoms with Gasteiger partial charge < -0.3 is 13.9 Å². The molecule has 30 heavy (non-hydrogen) atoms. The van der Waals surface area contributed by atoms with Crippen molar-refractivity contribution in [2.24, 2.45) is 0 Å². The van der Waals surface area contributed by atoms with Crippen LogP contribution < -0.4 is 0 Å². The summed E-state index contributed by atoms with van der Waals surface area (Å²) in [4.78, 5) is 35.8. The van der Waals surface area contributed by atoms with Gasteiger partial charge in [-0.3, -0.25) is 10.1 Å². The summed E-state index contributed by atoms with van der Waals surface area (Å²) >= 11 is 0. The van der Waals surface area contributed by atoms with Crippen molar-refractivity contribution in [1.29, 1.82) is 0 Å². The van der Waals surface area contributed by atoms with Crippen LogP contribution in [0.3, 0.4) is 0 Å². The molecule has 2 aromatic rings. The number of nitro benzene ring substituents is 1. The quantitative estimate of drug-likeness (QED) is 0.238. The van der Waals surface area contributed by atoms with Gasteiger partial charge in [-0.05, 0) is 50.5 Å². The van der Waals surface area contributed by atoms with E-state index in [0.29, 0.717) is 29.7 Å². The zero-order valence-electron chi connectivity index (χ0n) is 16.7. The number of furan rings is 1. The largest absolute Gasteiger partial charge is 0.457 e. The number of nitrogens with zero attached hydrogens (tertiary/aromatic N) is 1. The standard InChI is InChI=1S/C22H21NO7/c1-13-10-15(11-18(14(13)2)23(26)27)19-7-6-16(28-19)12-17-20(24)29-22(30-21(17)25)8-4-3-5-9-22/h6-7,10-12H,3-5,8-9H2,1-2H3. The maximum absolute atomic E-state index is 12.5. The molecule has 0 bridgehead atoms. The van der Waals surface area contributed by atoms with Gasteiger partial charge in [0.2, 0.25) is 0 Å². The number of aryl methyl sites for hydroxylation is 1. The minimum atomic E-state index is -1.14. The molecule has 1 spiro atoms. The molecule has 0 radical (unpaired) electrons. The van der Waals surface area contributed by atoms with E-state index in [0.717, 1.165) is 24.8 Å². The Kier molecular flexibility index (Phi) is 4.93. The van der Waals surface area contributed by atoms with Gasteiger partial charge >= 0.3 is 11.9 Å². The van der Waals surface area contributed by atoms with Gasteiger partial charge in [0.1, 0.15) is 17.1 Å². The Morgan fingerprint density at radius 2 is 1.70 bits per heavy atom. The van der Waals surface area contributed by atoms with E-state index >= 15 is 0 Å². The predicted molar refractivity (Wildman–Crippen MR) is 106 cm³/mol. The monoisotopic (exact) mass is 411 g/mol. The molecule has 1 aliphatic heterocycles. The van der Waals surface area contributed by atoms with E-state index in [1.165, 1.54) is 12.1 Å². The fourth-order valence-corrected chi connectivity index (χ4v) is 3.86. The minimum Gasteiger partial charge on any atom is -0.457 e. The average molecular weight is 411 g/mol. The Morgan fingerprint density at radius 1 is 1.03 bits per heavy atom. The Labute approximate surface area is 172 Å². The van der Waals surface area contributed by atoms with Gasteiger partial charge in [-0.2, -0.15) is 0 Å². The van der Waals surface area contributed by atoms with Crippen molar-refractivity contribution in [2.45, 2.75) is 51.7 Å². The highest BCUT2D eigenvalue weighted by Crippen LogP contribution is 2.38. The zero-order chi connectivity index (χ0) is 21.5. The minimum absolute atomic E-state index is 0.00137. The molecule has 0 unspecified atom stereocenters. The van der Waals surface area contributed by atoms with Gasteiger partial charge in [-0.15, -0.1) is 0 Å². The molecule has 2 aliphatic rings. The van der Waals surface area contributed by atoms with Gasteiger partial charge in [0, 0.05) is 36.1 Å². The lowest BCUT2D eigenvalue weighted by molar-refractivity contribution is -0.385. The van der Waals surface area contributed by atoms with Gasteiger partial charge in [0.15, 0.2) is 0 Å². The zero-order valence-corrected chi connectivity index (χ0v) is 16.7. The van der Waals surface area contributed by atoms with Crippen LogP contribution in [0.4, 0.5) is 5.69 Å². The molecule has 0 atom stereocenters. The second-order valence-corrected chi connectivity index (χ2v) is 7.70. The van der Waals surface area contributed by atoms with Crippen molar-refractivity contribution in [3.05, 3.63) is 56.8 Å². The van der Waals surface area contributed by atoms with Crippen molar-refractivity contribution < 1.29 is 28.4 Å². The number of carbonyl (C=O) groups excluding carboxylic acids is 2. The number of carbonyl (C=O) groups is 2. The van der Waals surface area contributed by atoms with Crippen molar-refractivity contribution in [3.63, 3.8) is 0 Å². The molecule has 0 N–H and O–H groups in total. The van der Waals surface area contributed by atoms with E-state index < -0.39 is 22.6 Å². The number of hydrogen-bond donors (Lipinski definition) is 0. The molecule has 1 aromatic heterocycles. The lowest BCUT2D eigenvalue weighted by Gasteiger charge is -2.38. The highest BCUT2D eigenvalue weighted by molar-refractivity contribution is 6.18. The number of nitro groups is 1. The van der Waals surface area contributed by atoms with Crippen LogP contribution in [-0.2, 0) is 19.1 Å². The Bertz CT molecular complexity index is 1050. The summed E-state index contributed by atoms with van der Waals surface area (Å²) in [5.41, 5.74) is 1.63. The first-order valence-corrected chi connectivity index (χ1v) is 9.82. The molecular formula is C22H21NO7. The van der Waals surface area contributed by atoms with Crippen molar-refractivity contribution >= 4 is 23.7 Å². The lowest BCUT2D eigenvalue weighted by Crippen LogP contribution is -2.47. The summed E-state index contributed by atoms with van der Waals surface area (Å²) in [6.07, 6.45) is 4.99. The van der Waals surface area contributed by atoms with Crippen molar-refractivity contribution in [3.8, 4) is 11.3 Å². The maximum atomic E-state index is 12.5. The molecule has 2 fully saturated rings. The van der Waals surface area contributed by atoms with Gasteiger partial charge in [-0.25, -0.2) is 9.59 Å². The van der Waals surface area contributed by atoms with Crippen LogP contribution in [0.1, 0.15) is 49.0 Å². The van der Waals surface area contributed by atoms with E-state index in [1.54, 1.807) is 32.0 Å². The Morgan fingerprint density at radius 3 is 2.33 bits per heavy atom. The third-order valence-corrected chi connectivity index (χ3v) is 5.65. The second-order valence-electron chi connectivity index (χ2n) is 7.70. The normalized spacial score (nSPS) is 18.1. The van der Waals surface area contributed by atoms with Gasteiger partial charge in [-0.1, -0.05) is 6.42 Å². The molecule has 2 heterocycles. The van der Waals surface area contributed by atoms with Crippen LogP contribution in [0, 0.1) is 24.0 Å². The molecule has 0 amide bonds. The first-order chi connectivity index (χ1) is 14.3. The van der Waals surface area contributed by atoms with Crippen LogP contribution in [0.15, 0.2) is 34.3 Å². The number of esters is 2. The maximum Gasteiger partial charge on any atom is 0.349 e. The third-order valence-electron chi connectivity index (χ3n) is 5.65. The van der Waals surface area contributed by atoms with E-state index in [2.05, 4.69) is 0 Å². The average Bonchev–Trinajstić information content (AvgIpc) is 3.16. The second kappa shape index (κ2) is 7.44. The molecular weight excluding hydrogens is 390 g/mol. The summed E-state index contributed by atoms with van der Waals surface area (Å²) in [6.45, 7) is 3.47.